The molecule has 2 saturated heterocycles. The number of piperidine rings is 1. The van der Waals surface area contributed by atoms with Crippen molar-refractivity contribution in [2.45, 2.75) is 32.2 Å². The molecule has 3 heteroatoms. The van der Waals surface area contributed by atoms with Crippen molar-refractivity contribution in [3.8, 4) is 0 Å². The van der Waals surface area contributed by atoms with Gasteiger partial charge in [0.15, 0.2) is 0 Å². The van der Waals surface area contributed by atoms with Crippen LogP contribution in [-0.2, 0) is 0 Å². The molecule has 1 unspecified atom stereocenters. The Hall–Kier alpha value is 0.270. The van der Waals surface area contributed by atoms with Crippen LogP contribution >= 0.6 is 11.8 Å². The van der Waals surface area contributed by atoms with Gasteiger partial charge in [-0.05, 0) is 44.0 Å². The second-order valence-corrected chi connectivity index (χ2v) is 6.19. The van der Waals surface area contributed by atoms with E-state index in [9.17, 15) is 0 Å². The number of rotatable bonds is 4. The SMILES string of the molecule is CC1CCN(CCNC2CCSC2)CC1. The largest absolute Gasteiger partial charge is 0.312 e. The highest BCUT2D eigenvalue weighted by Gasteiger charge is 2.17. The molecule has 2 aliphatic rings. The maximum absolute atomic E-state index is 3.68. The Morgan fingerprint density at radius 2 is 2.07 bits per heavy atom. The van der Waals surface area contributed by atoms with Gasteiger partial charge in [-0.1, -0.05) is 6.92 Å². The van der Waals surface area contributed by atoms with E-state index in [1.54, 1.807) is 0 Å². The van der Waals surface area contributed by atoms with Crippen molar-refractivity contribution in [2.24, 2.45) is 5.92 Å². The summed E-state index contributed by atoms with van der Waals surface area (Å²) in [5.74, 6) is 3.65. The Morgan fingerprint density at radius 3 is 2.73 bits per heavy atom. The smallest absolute Gasteiger partial charge is 0.0166 e. The maximum Gasteiger partial charge on any atom is 0.0166 e. The van der Waals surface area contributed by atoms with Gasteiger partial charge in [-0.25, -0.2) is 0 Å². The van der Waals surface area contributed by atoms with Crippen LogP contribution in [0.25, 0.3) is 0 Å². The minimum atomic E-state index is 0.804. The van der Waals surface area contributed by atoms with Gasteiger partial charge in [0, 0.05) is 24.9 Å². The van der Waals surface area contributed by atoms with Crippen molar-refractivity contribution < 1.29 is 0 Å². The molecule has 2 rings (SSSR count). The lowest BCUT2D eigenvalue weighted by molar-refractivity contribution is 0.191. The highest BCUT2D eigenvalue weighted by atomic mass is 32.2. The van der Waals surface area contributed by atoms with Gasteiger partial charge >= 0.3 is 0 Å². The average molecular weight is 228 g/mol. The molecule has 0 aromatic rings. The van der Waals surface area contributed by atoms with Crippen molar-refractivity contribution in [3.05, 3.63) is 0 Å². The fourth-order valence-electron chi connectivity index (χ4n) is 2.41. The summed E-state index contributed by atoms with van der Waals surface area (Å²) in [6.07, 6.45) is 4.18. The van der Waals surface area contributed by atoms with E-state index < -0.39 is 0 Å². The fraction of sp³-hybridized carbons (Fsp3) is 1.00. The monoisotopic (exact) mass is 228 g/mol. The highest BCUT2D eigenvalue weighted by molar-refractivity contribution is 7.99. The molecule has 2 heterocycles. The topological polar surface area (TPSA) is 15.3 Å². The maximum atomic E-state index is 3.68. The minimum Gasteiger partial charge on any atom is -0.312 e. The van der Waals surface area contributed by atoms with E-state index >= 15 is 0 Å². The van der Waals surface area contributed by atoms with Crippen LogP contribution in [0.3, 0.4) is 0 Å². The Balaban J connectivity index is 1.53. The van der Waals surface area contributed by atoms with Crippen LogP contribution in [0.1, 0.15) is 26.2 Å². The second-order valence-electron chi connectivity index (χ2n) is 5.04. The van der Waals surface area contributed by atoms with Crippen LogP contribution in [0.5, 0.6) is 0 Å². The van der Waals surface area contributed by atoms with Crippen LogP contribution in [0.2, 0.25) is 0 Å². The molecule has 0 aromatic heterocycles. The van der Waals surface area contributed by atoms with Gasteiger partial charge in [0.25, 0.3) is 0 Å². The first-order valence-corrected chi connectivity index (χ1v) is 7.53. The summed E-state index contributed by atoms with van der Waals surface area (Å²) in [6, 6.07) is 0.804. The molecule has 0 aliphatic carbocycles. The summed E-state index contributed by atoms with van der Waals surface area (Å²) >= 11 is 2.09. The summed E-state index contributed by atoms with van der Waals surface area (Å²) in [5, 5.41) is 3.68. The summed E-state index contributed by atoms with van der Waals surface area (Å²) in [6.45, 7) is 7.48. The molecular weight excluding hydrogens is 204 g/mol. The Morgan fingerprint density at radius 1 is 1.27 bits per heavy atom. The number of nitrogens with one attached hydrogen (secondary N) is 1. The van der Waals surface area contributed by atoms with E-state index in [-0.39, 0.29) is 0 Å². The summed E-state index contributed by atoms with van der Waals surface area (Å²) < 4.78 is 0. The number of thioether (sulfide) groups is 1. The number of hydrogen-bond acceptors (Lipinski definition) is 3. The molecule has 2 nitrogen and oxygen atoms in total. The number of likely N-dealkylation sites (tertiary alicyclic amines) is 1. The van der Waals surface area contributed by atoms with Gasteiger partial charge < -0.3 is 10.2 Å². The highest BCUT2D eigenvalue weighted by Crippen LogP contribution is 2.17. The molecule has 2 fully saturated rings. The molecule has 0 radical (unpaired) electrons. The lowest BCUT2D eigenvalue weighted by Crippen LogP contribution is -2.40. The molecule has 0 saturated carbocycles. The fourth-order valence-corrected chi connectivity index (χ4v) is 3.59. The number of nitrogens with zero attached hydrogens (tertiary/aromatic N) is 1. The summed E-state index contributed by atoms with van der Waals surface area (Å²) in [7, 11) is 0. The molecule has 1 atom stereocenters. The zero-order chi connectivity index (χ0) is 10.5. The first kappa shape index (κ1) is 11.7. The van der Waals surface area contributed by atoms with E-state index in [4.69, 9.17) is 0 Å². The Labute approximate surface area is 98.2 Å². The number of hydrogen-bond donors (Lipinski definition) is 1. The van der Waals surface area contributed by atoms with E-state index in [1.165, 1.54) is 56.9 Å². The van der Waals surface area contributed by atoms with Crippen molar-refractivity contribution in [1.82, 2.24) is 10.2 Å². The third-order valence-electron chi connectivity index (χ3n) is 3.67. The zero-order valence-electron chi connectivity index (χ0n) is 9.87. The van der Waals surface area contributed by atoms with Gasteiger partial charge in [0.2, 0.25) is 0 Å². The molecule has 0 aromatic carbocycles. The molecule has 2 aliphatic heterocycles. The third kappa shape index (κ3) is 3.97. The first-order chi connectivity index (χ1) is 7.34. The van der Waals surface area contributed by atoms with Crippen LogP contribution in [-0.4, -0.2) is 48.6 Å². The van der Waals surface area contributed by atoms with Crippen LogP contribution in [0, 0.1) is 5.92 Å². The Kier molecular flexibility index (Phi) is 4.79. The summed E-state index contributed by atoms with van der Waals surface area (Å²) in [4.78, 5) is 2.62. The normalized spacial score (nSPS) is 29.8. The van der Waals surface area contributed by atoms with Crippen molar-refractivity contribution >= 4 is 11.8 Å². The predicted octanol–water partition coefficient (Wildman–Crippen LogP) is 1.81. The van der Waals surface area contributed by atoms with Gasteiger partial charge in [0.05, 0.1) is 0 Å². The van der Waals surface area contributed by atoms with Crippen LogP contribution < -0.4 is 5.32 Å². The van der Waals surface area contributed by atoms with Gasteiger partial charge in [-0.15, -0.1) is 0 Å². The zero-order valence-corrected chi connectivity index (χ0v) is 10.7. The second kappa shape index (κ2) is 6.12. The molecule has 0 bridgehead atoms. The van der Waals surface area contributed by atoms with E-state index in [1.807, 2.05) is 0 Å². The Bertz CT molecular complexity index is 172. The van der Waals surface area contributed by atoms with Crippen molar-refractivity contribution in [3.63, 3.8) is 0 Å². The van der Waals surface area contributed by atoms with Crippen LogP contribution in [0.4, 0.5) is 0 Å². The third-order valence-corrected chi connectivity index (χ3v) is 4.83. The molecule has 15 heavy (non-hydrogen) atoms. The van der Waals surface area contributed by atoms with E-state index in [0.29, 0.717) is 0 Å². The molecule has 0 spiro atoms. The van der Waals surface area contributed by atoms with E-state index in [2.05, 4.69) is 28.9 Å². The molecule has 88 valence electrons. The van der Waals surface area contributed by atoms with Crippen molar-refractivity contribution in [2.75, 3.05) is 37.7 Å². The van der Waals surface area contributed by atoms with Gasteiger partial charge in [0.1, 0.15) is 0 Å². The van der Waals surface area contributed by atoms with Gasteiger partial charge in [-0.3, -0.25) is 0 Å². The quantitative estimate of drug-likeness (QED) is 0.790. The first-order valence-electron chi connectivity index (χ1n) is 6.38. The molecular formula is C12H24N2S. The minimum absolute atomic E-state index is 0.804. The standard InChI is InChI=1S/C12H24N2S/c1-11-2-6-14(7-3-11)8-5-13-12-4-9-15-10-12/h11-13H,2-10H2,1H3. The lowest BCUT2D eigenvalue weighted by atomic mass is 9.99. The van der Waals surface area contributed by atoms with Crippen molar-refractivity contribution in [1.29, 1.82) is 0 Å². The predicted molar refractivity (Wildman–Crippen MR) is 68.6 cm³/mol. The molecule has 1 N–H and O–H groups in total. The average Bonchev–Trinajstić information content (AvgIpc) is 2.74. The van der Waals surface area contributed by atoms with E-state index in [0.717, 1.165) is 12.0 Å². The molecule has 0 amide bonds. The summed E-state index contributed by atoms with van der Waals surface area (Å²) in [5.41, 5.74) is 0. The lowest BCUT2D eigenvalue weighted by Gasteiger charge is -2.30. The van der Waals surface area contributed by atoms with Crippen LogP contribution in [0.15, 0.2) is 0 Å². The van der Waals surface area contributed by atoms with Gasteiger partial charge in [-0.2, -0.15) is 11.8 Å².